The van der Waals surface area contributed by atoms with E-state index in [4.69, 9.17) is 0 Å². The third-order valence-corrected chi connectivity index (χ3v) is 5.29. The fourth-order valence-electron chi connectivity index (χ4n) is 4.03. The lowest BCUT2D eigenvalue weighted by Gasteiger charge is -2.39. The molecule has 26 heavy (non-hydrogen) atoms. The zero-order chi connectivity index (χ0) is 18.5. The SMILES string of the molecule is C=CCN(CC=C)C(=O)CC1C(=O)NCCN1C1Cc2ccccc2C1. The Hall–Kier alpha value is -2.40. The van der Waals surface area contributed by atoms with Gasteiger partial charge in [-0.25, -0.2) is 0 Å². The fourth-order valence-corrected chi connectivity index (χ4v) is 4.03. The van der Waals surface area contributed by atoms with Crippen LogP contribution in [0.1, 0.15) is 17.5 Å². The van der Waals surface area contributed by atoms with E-state index in [0.717, 1.165) is 19.4 Å². The maximum absolute atomic E-state index is 12.7. The van der Waals surface area contributed by atoms with Crippen molar-refractivity contribution in [2.45, 2.75) is 31.3 Å². The number of nitrogens with one attached hydrogen (secondary N) is 1. The largest absolute Gasteiger partial charge is 0.353 e. The molecule has 1 atom stereocenters. The predicted molar refractivity (Wildman–Crippen MR) is 103 cm³/mol. The molecule has 3 rings (SSSR count). The second-order valence-electron chi connectivity index (χ2n) is 6.96. The molecule has 2 amide bonds. The number of piperazine rings is 1. The molecule has 1 heterocycles. The summed E-state index contributed by atoms with van der Waals surface area (Å²) in [6.07, 6.45) is 5.48. The van der Waals surface area contributed by atoms with Crippen molar-refractivity contribution in [3.63, 3.8) is 0 Å². The van der Waals surface area contributed by atoms with Gasteiger partial charge in [0.15, 0.2) is 0 Å². The average molecular weight is 353 g/mol. The van der Waals surface area contributed by atoms with Crippen LogP contribution in [0.15, 0.2) is 49.6 Å². The van der Waals surface area contributed by atoms with Crippen LogP contribution in [-0.4, -0.2) is 59.9 Å². The molecule has 2 aliphatic rings. The van der Waals surface area contributed by atoms with Crippen molar-refractivity contribution in [3.05, 3.63) is 60.7 Å². The van der Waals surface area contributed by atoms with Crippen molar-refractivity contribution >= 4 is 11.8 Å². The molecule has 0 radical (unpaired) electrons. The van der Waals surface area contributed by atoms with Crippen molar-refractivity contribution in [1.82, 2.24) is 15.1 Å². The van der Waals surface area contributed by atoms with Gasteiger partial charge in [-0.1, -0.05) is 36.4 Å². The third kappa shape index (κ3) is 3.88. The molecule has 5 heteroatoms. The quantitative estimate of drug-likeness (QED) is 0.757. The second-order valence-corrected chi connectivity index (χ2v) is 6.96. The summed E-state index contributed by atoms with van der Waals surface area (Å²) in [5, 5.41) is 2.92. The molecule has 1 saturated heterocycles. The summed E-state index contributed by atoms with van der Waals surface area (Å²) in [5.74, 6) is -0.0786. The molecule has 0 saturated carbocycles. The van der Waals surface area contributed by atoms with E-state index >= 15 is 0 Å². The summed E-state index contributed by atoms with van der Waals surface area (Å²) in [6, 6.07) is 8.32. The number of nitrogens with zero attached hydrogens (tertiary/aromatic N) is 2. The molecule has 5 nitrogen and oxygen atoms in total. The number of benzene rings is 1. The molecule has 0 aromatic heterocycles. The number of carbonyl (C=O) groups excluding carboxylic acids is 2. The molecule has 1 aliphatic carbocycles. The zero-order valence-corrected chi connectivity index (χ0v) is 15.2. The van der Waals surface area contributed by atoms with Crippen LogP contribution >= 0.6 is 0 Å². The monoisotopic (exact) mass is 353 g/mol. The van der Waals surface area contributed by atoms with Crippen molar-refractivity contribution < 1.29 is 9.59 Å². The lowest BCUT2D eigenvalue weighted by molar-refractivity contribution is -0.139. The average Bonchev–Trinajstić information content (AvgIpc) is 3.07. The maximum Gasteiger partial charge on any atom is 0.237 e. The van der Waals surface area contributed by atoms with Crippen LogP contribution in [-0.2, 0) is 22.4 Å². The van der Waals surface area contributed by atoms with Crippen molar-refractivity contribution in [2.24, 2.45) is 0 Å². The van der Waals surface area contributed by atoms with E-state index in [-0.39, 0.29) is 24.3 Å². The van der Waals surface area contributed by atoms with Gasteiger partial charge in [-0.15, -0.1) is 13.2 Å². The summed E-state index contributed by atoms with van der Waals surface area (Å²) in [4.78, 5) is 29.2. The van der Waals surface area contributed by atoms with Crippen LogP contribution in [0.4, 0.5) is 0 Å². The summed E-state index contributed by atoms with van der Waals surface area (Å²) < 4.78 is 0. The molecule has 0 spiro atoms. The second kappa shape index (κ2) is 8.32. The minimum absolute atomic E-state index is 0.0349. The van der Waals surface area contributed by atoms with Gasteiger partial charge in [0.05, 0.1) is 12.5 Å². The minimum atomic E-state index is -0.410. The number of carbonyl (C=O) groups is 2. The number of hydrogen-bond donors (Lipinski definition) is 1. The van der Waals surface area contributed by atoms with Gasteiger partial charge in [-0.2, -0.15) is 0 Å². The summed E-state index contributed by atoms with van der Waals surface area (Å²) in [7, 11) is 0. The van der Waals surface area contributed by atoms with E-state index in [1.165, 1.54) is 11.1 Å². The number of fused-ring (bicyclic) bond motifs is 1. The highest BCUT2D eigenvalue weighted by Gasteiger charge is 2.38. The summed E-state index contributed by atoms with van der Waals surface area (Å²) >= 11 is 0. The van der Waals surface area contributed by atoms with Crippen LogP contribution in [0.3, 0.4) is 0 Å². The lowest BCUT2D eigenvalue weighted by Crippen LogP contribution is -2.60. The van der Waals surface area contributed by atoms with Crippen LogP contribution in [0.5, 0.6) is 0 Å². The van der Waals surface area contributed by atoms with Gasteiger partial charge in [-0.05, 0) is 24.0 Å². The van der Waals surface area contributed by atoms with Crippen molar-refractivity contribution in [1.29, 1.82) is 0 Å². The number of amides is 2. The first-order chi connectivity index (χ1) is 12.6. The van der Waals surface area contributed by atoms with Gasteiger partial charge in [0.2, 0.25) is 11.8 Å². The van der Waals surface area contributed by atoms with Crippen molar-refractivity contribution in [2.75, 3.05) is 26.2 Å². The molecule has 1 aliphatic heterocycles. The van der Waals surface area contributed by atoms with Crippen LogP contribution < -0.4 is 5.32 Å². The molecule has 1 N–H and O–H groups in total. The Morgan fingerprint density at radius 2 is 1.81 bits per heavy atom. The number of rotatable bonds is 7. The van der Waals surface area contributed by atoms with E-state index in [0.29, 0.717) is 19.6 Å². The van der Waals surface area contributed by atoms with Gasteiger partial charge >= 0.3 is 0 Å². The number of hydrogen-bond acceptors (Lipinski definition) is 3. The Balaban J connectivity index is 1.73. The topological polar surface area (TPSA) is 52.7 Å². The lowest BCUT2D eigenvalue weighted by atomic mass is 10.0. The smallest absolute Gasteiger partial charge is 0.237 e. The Bertz CT molecular complexity index is 665. The molecule has 138 valence electrons. The Labute approximate surface area is 155 Å². The van der Waals surface area contributed by atoms with E-state index in [2.05, 4.69) is 47.6 Å². The molecule has 1 aromatic carbocycles. The van der Waals surface area contributed by atoms with Crippen LogP contribution in [0, 0.1) is 0 Å². The van der Waals surface area contributed by atoms with E-state index in [1.807, 2.05) is 0 Å². The molecule has 1 fully saturated rings. The highest BCUT2D eigenvalue weighted by Crippen LogP contribution is 2.28. The van der Waals surface area contributed by atoms with Gasteiger partial charge < -0.3 is 10.2 Å². The maximum atomic E-state index is 12.7. The molecule has 1 unspecified atom stereocenters. The minimum Gasteiger partial charge on any atom is -0.353 e. The Morgan fingerprint density at radius 1 is 1.19 bits per heavy atom. The highest BCUT2D eigenvalue weighted by molar-refractivity contribution is 5.89. The first kappa shape index (κ1) is 18.4. The van der Waals surface area contributed by atoms with Gasteiger partial charge in [0, 0.05) is 32.2 Å². The Kier molecular flexibility index (Phi) is 5.89. The molecular weight excluding hydrogens is 326 g/mol. The van der Waals surface area contributed by atoms with Gasteiger partial charge in [0.1, 0.15) is 0 Å². The van der Waals surface area contributed by atoms with Gasteiger partial charge in [-0.3, -0.25) is 14.5 Å². The fraction of sp³-hybridized carbons (Fsp3) is 0.429. The van der Waals surface area contributed by atoms with Gasteiger partial charge in [0.25, 0.3) is 0 Å². The first-order valence-corrected chi connectivity index (χ1v) is 9.23. The van der Waals surface area contributed by atoms with Crippen LogP contribution in [0.2, 0.25) is 0 Å². The molecule has 0 bridgehead atoms. The van der Waals surface area contributed by atoms with Crippen LogP contribution in [0.25, 0.3) is 0 Å². The Morgan fingerprint density at radius 3 is 2.38 bits per heavy atom. The van der Waals surface area contributed by atoms with E-state index < -0.39 is 6.04 Å². The highest BCUT2D eigenvalue weighted by atomic mass is 16.2. The standard InChI is InChI=1S/C21H27N3O2/c1-3-10-23(11-4-2)20(25)15-19-21(26)22-9-12-24(19)18-13-16-7-5-6-8-17(16)14-18/h3-8,18-19H,1-2,9-15H2,(H,22,26). The van der Waals surface area contributed by atoms with E-state index in [1.54, 1.807) is 17.1 Å². The zero-order valence-electron chi connectivity index (χ0n) is 15.2. The van der Waals surface area contributed by atoms with Crippen molar-refractivity contribution in [3.8, 4) is 0 Å². The third-order valence-electron chi connectivity index (χ3n) is 5.29. The van der Waals surface area contributed by atoms with E-state index in [9.17, 15) is 9.59 Å². The molecule has 1 aromatic rings. The summed E-state index contributed by atoms with van der Waals surface area (Å²) in [6.45, 7) is 9.77. The first-order valence-electron chi connectivity index (χ1n) is 9.23. The predicted octanol–water partition coefficient (Wildman–Crippen LogP) is 1.54. The molecular formula is C21H27N3O2. The normalized spacial score (nSPS) is 20.3. The summed E-state index contributed by atoms with van der Waals surface area (Å²) in [5.41, 5.74) is 2.71.